The summed E-state index contributed by atoms with van der Waals surface area (Å²) in [6, 6.07) is 0. The molecule has 3 rings (SSSR count). The highest BCUT2D eigenvalue weighted by Gasteiger charge is 2.86. The zero-order chi connectivity index (χ0) is 20.0. The number of rotatable bonds is 2. The molecule has 27 heavy (non-hydrogen) atoms. The Morgan fingerprint density at radius 1 is 0.889 bits per heavy atom. The van der Waals surface area contributed by atoms with Gasteiger partial charge in [0.1, 0.15) is 0 Å². The molecule has 2 N–H and O–H groups in total. The lowest BCUT2D eigenvalue weighted by molar-refractivity contribution is -0.120. The van der Waals surface area contributed by atoms with Gasteiger partial charge < -0.3 is 5.73 Å². The maximum atomic E-state index is 13.1. The number of carbonyl (C=O) groups excluding carboxylic acids is 1. The van der Waals surface area contributed by atoms with Gasteiger partial charge in [-0.1, -0.05) is 82.5 Å². The number of carbonyl (C=O) groups is 1. The Hall–Kier alpha value is -0.833. The second-order valence-corrected chi connectivity index (χ2v) is 15.2. The summed E-state index contributed by atoms with van der Waals surface area (Å²) in [5.74, 6) is 0.497. The molecule has 152 valence electrons. The smallest absolute Gasteiger partial charge is 0.221 e. The largest absolute Gasteiger partial charge is 0.369 e. The van der Waals surface area contributed by atoms with Crippen molar-refractivity contribution in [1.82, 2.24) is 0 Å². The average Bonchev–Trinajstić information content (AvgIpc) is 2.94. The second kappa shape index (κ2) is 7.20. The summed E-state index contributed by atoms with van der Waals surface area (Å²) < 4.78 is 0. The van der Waals surface area contributed by atoms with Crippen molar-refractivity contribution in [3.05, 3.63) is 22.3 Å². The SMILES string of the molecule is CC1=C(C)C(C)C(C23CCCCCCCCCCC2(C(N)=O)[Si]3(C)C)=C1C. The van der Waals surface area contributed by atoms with Crippen LogP contribution in [0.4, 0.5) is 0 Å². The molecule has 2 fully saturated rings. The van der Waals surface area contributed by atoms with Gasteiger partial charge in [0.2, 0.25) is 5.91 Å². The Morgan fingerprint density at radius 3 is 1.81 bits per heavy atom. The van der Waals surface area contributed by atoms with E-state index in [-0.39, 0.29) is 16.0 Å². The zero-order valence-corrected chi connectivity index (χ0v) is 19.6. The van der Waals surface area contributed by atoms with Gasteiger partial charge in [-0.2, -0.15) is 0 Å². The summed E-state index contributed by atoms with van der Waals surface area (Å²) in [6.45, 7) is 14.2. The minimum Gasteiger partial charge on any atom is -0.369 e. The molecule has 1 saturated carbocycles. The van der Waals surface area contributed by atoms with Gasteiger partial charge in [0.15, 0.2) is 0 Å². The molecule has 1 aliphatic heterocycles. The molecule has 1 amide bonds. The summed E-state index contributed by atoms with van der Waals surface area (Å²) >= 11 is 0. The van der Waals surface area contributed by atoms with Crippen molar-refractivity contribution in [3.63, 3.8) is 0 Å². The number of nitrogens with two attached hydrogens (primary N) is 1. The number of primary amides is 1. The van der Waals surface area contributed by atoms with Crippen molar-refractivity contribution < 1.29 is 4.79 Å². The molecule has 2 nitrogen and oxygen atoms in total. The van der Waals surface area contributed by atoms with Gasteiger partial charge in [0.25, 0.3) is 0 Å². The summed E-state index contributed by atoms with van der Waals surface area (Å²) in [5, 5.41) is -0.136. The molecular weight excluding hydrogens is 346 g/mol. The molecule has 0 spiro atoms. The van der Waals surface area contributed by atoms with Gasteiger partial charge in [-0.05, 0) is 50.7 Å². The summed E-state index contributed by atoms with van der Waals surface area (Å²) in [4.78, 5) is 13.1. The molecule has 3 atom stereocenters. The van der Waals surface area contributed by atoms with Crippen LogP contribution < -0.4 is 5.73 Å². The molecule has 2 aliphatic carbocycles. The average molecular weight is 388 g/mol. The summed E-state index contributed by atoms with van der Waals surface area (Å²) in [5.41, 5.74) is 12.3. The van der Waals surface area contributed by atoms with Crippen LogP contribution in [0.3, 0.4) is 0 Å². The van der Waals surface area contributed by atoms with Crippen molar-refractivity contribution >= 4 is 14.0 Å². The highest BCUT2D eigenvalue weighted by molar-refractivity contribution is 6.99. The lowest BCUT2D eigenvalue weighted by atomic mass is 9.74. The summed E-state index contributed by atoms with van der Waals surface area (Å²) in [6.07, 6.45) is 12.6. The third kappa shape index (κ3) is 2.67. The predicted octanol–water partition coefficient (Wildman–Crippen LogP) is 6.89. The maximum absolute atomic E-state index is 13.1. The standard InChI is InChI=1S/C24H41NOSi/c1-17-18(2)20(4)21(19(17)3)23-15-13-11-9-7-8-10-12-14-16-24(23,22(25)26)27(23,5)6/h19H,7-16H2,1-6H3,(H2,25,26). The van der Waals surface area contributed by atoms with Crippen molar-refractivity contribution in [1.29, 1.82) is 0 Å². The zero-order valence-electron chi connectivity index (χ0n) is 18.6. The van der Waals surface area contributed by atoms with E-state index in [0.29, 0.717) is 5.92 Å². The van der Waals surface area contributed by atoms with Crippen LogP contribution in [0.1, 0.15) is 91.9 Å². The van der Waals surface area contributed by atoms with Crippen LogP contribution in [-0.2, 0) is 4.79 Å². The Kier molecular flexibility index (Phi) is 5.57. The normalized spacial score (nSPS) is 37.5. The van der Waals surface area contributed by atoms with E-state index in [4.69, 9.17) is 5.73 Å². The molecule has 0 aromatic rings. The molecule has 3 aliphatic rings. The molecule has 0 aromatic heterocycles. The van der Waals surface area contributed by atoms with Crippen molar-refractivity contribution in [3.8, 4) is 0 Å². The number of hydrogen-bond acceptors (Lipinski definition) is 1. The van der Waals surface area contributed by atoms with Crippen LogP contribution in [0.15, 0.2) is 22.3 Å². The number of amides is 1. The molecular formula is C24H41NOSi. The molecule has 1 heterocycles. The first-order valence-electron chi connectivity index (χ1n) is 11.4. The van der Waals surface area contributed by atoms with E-state index in [0.717, 1.165) is 6.42 Å². The van der Waals surface area contributed by atoms with Crippen LogP contribution in [0, 0.1) is 5.92 Å². The molecule has 3 heteroatoms. The quantitative estimate of drug-likeness (QED) is 0.515. The molecule has 1 saturated heterocycles. The van der Waals surface area contributed by atoms with Gasteiger partial charge in [-0.3, -0.25) is 4.79 Å². The van der Waals surface area contributed by atoms with Gasteiger partial charge in [0, 0.05) is 5.04 Å². The monoisotopic (exact) mass is 387 g/mol. The minimum absolute atomic E-state index is 0.0194. The van der Waals surface area contributed by atoms with Crippen molar-refractivity contribution in [2.24, 2.45) is 11.7 Å². The number of allylic oxidation sites excluding steroid dienone is 4. The molecule has 3 unspecified atom stereocenters. The number of hydrogen-bond donors (Lipinski definition) is 1. The van der Waals surface area contributed by atoms with E-state index in [2.05, 4.69) is 40.8 Å². The van der Waals surface area contributed by atoms with Crippen molar-refractivity contribution in [2.75, 3.05) is 0 Å². The Balaban J connectivity index is 2.11. The van der Waals surface area contributed by atoms with Crippen LogP contribution in [-0.4, -0.2) is 14.0 Å². The molecule has 0 aromatic carbocycles. The predicted molar refractivity (Wildman–Crippen MR) is 118 cm³/mol. The first-order chi connectivity index (χ1) is 12.7. The highest BCUT2D eigenvalue weighted by Crippen LogP contribution is 2.90. The highest BCUT2D eigenvalue weighted by atomic mass is 28.3. The molecule has 0 radical (unpaired) electrons. The first kappa shape index (κ1) is 20.9. The van der Waals surface area contributed by atoms with Gasteiger partial charge in [0.05, 0.1) is 13.1 Å². The Bertz CT molecular complexity index is 688. The van der Waals surface area contributed by atoms with E-state index in [1.54, 1.807) is 5.57 Å². The van der Waals surface area contributed by atoms with Gasteiger partial charge in [-0.25, -0.2) is 0 Å². The fraction of sp³-hybridized carbons (Fsp3) is 0.792. The first-order valence-corrected chi connectivity index (χ1v) is 14.4. The maximum Gasteiger partial charge on any atom is 0.221 e. The summed E-state index contributed by atoms with van der Waals surface area (Å²) in [7, 11) is -1.83. The third-order valence-corrected chi connectivity index (χ3v) is 15.1. The number of fused-ring (bicyclic) bond motifs is 1. The topological polar surface area (TPSA) is 43.1 Å². The van der Waals surface area contributed by atoms with Gasteiger partial charge in [-0.15, -0.1) is 0 Å². The van der Waals surface area contributed by atoms with E-state index in [1.807, 2.05) is 0 Å². The Labute approximate surface area is 168 Å². The van der Waals surface area contributed by atoms with E-state index in [9.17, 15) is 4.79 Å². The fourth-order valence-corrected chi connectivity index (χ4v) is 14.0. The van der Waals surface area contributed by atoms with Crippen LogP contribution >= 0.6 is 0 Å². The van der Waals surface area contributed by atoms with Gasteiger partial charge >= 0.3 is 0 Å². The van der Waals surface area contributed by atoms with Crippen molar-refractivity contribution in [2.45, 2.75) is 115 Å². The lowest BCUT2D eigenvalue weighted by Gasteiger charge is -2.31. The van der Waals surface area contributed by atoms with Crippen LogP contribution in [0.25, 0.3) is 0 Å². The fourth-order valence-electron chi connectivity index (χ4n) is 7.35. The van der Waals surface area contributed by atoms with E-state index < -0.39 is 8.07 Å². The van der Waals surface area contributed by atoms with E-state index in [1.165, 1.54) is 74.5 Å². The van der Waals surface area contributed by atoms with E-state index >= 15 is 0 Å². The minimum atomic E-state index is -1.83. The van der Waals surface area contributed by atoms with Crippen LogP contribution in [0.2, 0.25) is 23.2 Å². The lowest BCUT2D eigenvalue weighted by Crippen LogP contribution is -2.28. The molecule has 0 bridgehead atoms. The third-order valence-electron chi connectivity index (χ3n) is 9.17. The Morgan fingerprint density at radius 2 is 1.37 bits per heavy atom. The second-order valence-electron chi connectivity index (χ2n) is 10.2. The van der Waals surface area contributed by atoms with Crippen LogP contribution in [0.5, 0.6) is 0 Å².